The Morgan fingerprint density at radius 1 is 1.71 bits per heavy atom. The summed E-state index contributed by atoms with van der Waals surface area (Å²) >= 11 is 1.84. The van der Waals surface area contributed by atoms with E-state index in [1.54, 1.807) is 0 Å². The summed E-state index contributed by atoms with van der Waals surface area (Å²) in [6.45, 7) is 2.20. The summed E-state index contributed by atoms with van der Waals surface area (Å²) in [7, 11) is 0.973. The molecule has 0 atom stereocenters. The maximum atomic E-state index is 2.20. The fourth-order valence-corrected chi connectivity index (χ4v) is 1.82. The highest BCUT2D eigenvalue weighted by molar-refractivity contribution is 7.19. The van der Waals surface area contributed by atoms with E-state index in [-0.39, 0.29) is 0 Å². The van der Waals surface area contributed by atoms with Gasteiger partial charge in [0.1, 0.15) is 0 Å². The Morgan fingerprint density at radius 2 is 2.57 bits per heavy atom. The minimum absolute atomic E-state index is 0.973. The van der Waals surface area contributed by atoms with Crippen molar-refractivity contribution in [2.75, 3.05) is 0 Å². The van der Waals surface area contributed by atoms with E-state index in [2.05, 4.69) is 24.1 Å². The van der Waals surface area contributed by atoms with Crippen LogP contribution >= 0.6 is 11.3 Å². The highest BCUT2D eigenvalue weighted by atomic mass is 32.1. The van der Waals surface area contributed by atoms with Crippen LogP contribution in [0.5, 0.6) is 0 Å². The van der Waals surface area contributed by atoms with Crippen LogP contribution in [0.4, 0.5) is 0 Å². The predicted molar refractivity (Wildman–Crippen MR) is 35.6 cm³/mol. The molecular formula is C5H6SSi. The Labute approximate surface area is 50.0 Å². The predicted octanol–water partition coefficient (Wildman–Crippen LogP) is 1.13. The lowest BCUT2D eigenvalue weighted by molar-refractivity contribution is 2.06. The lowest BCUT2D eigenvalue weighted by Gasteiger charge is -1.76. The second-order valence-corrected chi connectivity index (χ2v) is 3.58. The van der Waals surface area contributed by atoms with Crippen LogP contribution in [0.25, 0.3) is 0 Å². The van der Waals surface area contributed by atoms with Crippen LogP contribution in [0.1, 0.15) is 0 Å². The van der Waals surface area contributed by atoms with Crippen molar-refractivity contribution in [2.45, 2.75) is 6.55 Å². The summed E-state index contributed by atoms with van der Waals surface area (Å²) in [6, 6.07) is 4.26. The van der Waals surface area contributed by atoms with E-state index in [1.807, 2.05) is 11.3 Å². The third kappa shape index (κ3) is 1.14. The van der Waals surface area contributed by atoms with Gasteiger partial charge in [0.2, 0.25) is 0 Å². The molecule has 0 aromatic carbocycles. The Balaban J connectivity index is 2.76. The SMILES string of the molecule is C[Si]c1cccs1. The average molecular weight is 126 g/mol. The van der Waals surface area contributed by atoms with Crippen molar-refractivity contribution in [3.05, 3.63) is 17.5 Å². The van der Waals surface area contributed by atoms with Gasteiger partial charge in [-0.2, -0.15) is 11.3 Å². The third-order valence-electron chi connectivity index (χ3n) is 0.768. The molecular weight excluding hydrogens is 120 g/mol. The molecule has 2 radical (unpaired) electrons. The Kier molecular flexibility index (Phi) is 1.65. The van der Waals surface area contributed by atoms with Crippen LogP contribution in [0, 0.1) is 0 Å². The van der Waals surface area contributed by atoms with Crippen LogP contribution in [0.15, 0.2) is 17.5 Å². The molecule has 0 saturated carbocycles. The molecule has 1 heterocycles. The molecule has 2 heteroatoms. The normalized spacial score (nSPS) is 9.29. The van der Waals surface area contributed by atoms with Gasteiger partial charge in [-0.05, 0) is 9.88 Å². The number of hydrogen-bond acceptors (Lipinski definition) is 1. The van der Waals surface area contributed by atoms with Crippen LogP contribution in [0.2, 0.25) is 6.55 Å². The summed E-state index contributed by atoms with van der Waals surface area (Å²) in [6.07, 6.45) is 0. The first-order chi connectivity index (χ1) is 3.43. The van der Waals surface area contributed by atoms with E-state index >= 15 is 0 Å². The molecule has 0 aliphatic carbocycles. The zero-order chi connectivity index (χ0) is 5.11. The molecule has 0 amide bonds. The van der Waals surface area contributed by atoms with Crippen molar-refractivity contribution in [1.82, 2.24) is 0 Å². The quantitative estimate of drug-likeness (QED) is 0.495. The van der Waals surface area contributed by atoms with Crippen molar-refractivity contribution >= 4 is 25.4 Å². The molecule has 0 aliphatic heterocycles. The fraction of sp³-hybridized carbons (Fsp3) is 0.200. The lowest BCUT2D eigenvalue weighted by atomic mass is 10.7. The largest absolute Gasteiger partial charge is 0.154 e. The molecule has 7 heavy (non-hydrogen) atoms. The molecule has 36 valence electrons. The molecule has 0 N–H and O–H groups in total. The summed E-state index contributed by atoms with van der Waals surface area (Å²) in [5, 5.41) is 2.12. The first kappa shape index (κ1) is 5.06. The summed E-state index contributed by atoms with van der Waals surface area (Å²) in [5.41, 5.74) is 0. The van der Waals surface area contributed by atoms with E-state index in [1.165, 1.54) is 4.50 Å². The van der Waals surface area contributed by atoms with Crippen molar-refractivity contribution in [2.24, 2.45) is 0 Å². The molecule has 0 nitrogen and oxygen atoms in total. The van der Waals surface area contributed by atoms with Crippen LogP contribution in [0.3, 0.4) is 0 Å². The molecule has 1 aromatic heterocycles. The van der Waals surface area contributed by atoms with Gasteiger partial charge in [-0.15, -0.1) is 0 Å². The van der Waals surface area contributed by atoms with Gasteiger partial charge in [-0.3, -0.25) is 0 Å². The third-order valence-corrected chi connectivity index (χ3v) is 3.08. The van der Waals surface area contributed by atoms with Gasteiger partial charge in [0.25, 0.3) is 0 Å². The van der Waals surface area contributed by atoms with Crippen molar-refractivity contribution in [1.29, 1.82) is 0 Å². The standard InChI is InChI=1S/C5H6SSi/c1-7-5-3-2-4-6-5/h2-4H,1H3. The molecule has 0 spiro atoms. The first-order valence-corrected chi connectivity index (χ1v) is 4.52. The smallest absolute Gasteiger partial charge is 0.0917 e. The minimum Gasteiger partial charge on any atom is -0.154 e. The van der Waals surface area contributed by atoms with Gasteiger partial charge in [0.05, 0.1) is 9.52 Å². The molecule has 0 aliphatic rings. The molecule has 0 bridgehead atoms. The van der Waals surface area contributed by atoms with Crippen LogP contribution in [-0.4, -0.2) is 9.52 Å². The Bertz CT molecular complexity index is 123. The van der Waals surface area contributed by atoms with Gasteiger partial charge in [0.15, 0.2) is 0 Å². The van der Waals surface area contributed by atoms with E-state index < -0.39 is 0 Å². The Hall–Kier alpha value is -0.0831. The molecule has 1 rings (SSSR count). The first-order valence-electron chi connectivity index (χ1n) is 2.15. The minimum atomic E-state index is 0.973. The van der Waals surface area contributed by atoms with Gasteiger partial charge < -0.3 is 0 Å². The number of rotatable bonds is 1. The van der Waals surface area contributed by atoms with E-state index in [0.29, 0.717) is 0 Å². The van der Waals surface area contributed by atoms with Crippen molar-refractivity contribution in [3.8, 4) is 0 Å². The summed E-state index contributed by atoms with van der Waals surface area (Å²) in [4.78, 5) is 0. The fourth-order valence-electron chi connectivity index (χ4n) is 0.421. The van der Waals surface area contributed by atoms with Crippen molar-refractivity contribution < 1.29 is 0 Å². The van der Waals surface area contributed by atoms with Gasteiger partial charge in [-0.25, -0.2) is 0 Å². The zero-order valence-electron chi connectivity index (χ0n) is 4.14. The average Bonchev–Trinajstić information content (AvgIpc) is 2.14. The molecule has 0 fully saturated rings. The van der Waals surface area contributed by atoms with Gasteiger partial charge in [0, 0.05) is 0 Å². The maximum Gasteiger partial charge on any atom is 0.0917 e. The summed E-state index contributed by atoms with van der Waals surface area (Å²) < 4.78 is 1.50. The molecule has 0 unspecified atom stereocenters. The van der Waals surface area contributed by atoms with E-state index in [4.69, 9.17) is 0 Å². The second-order valence-electron chi connectivity index (χ2n) is 1.23. The van der Waals surface area contributed by atoms with Gasteiger partial charge in [-0.1, -0.05) is 18.7 Å². The van der Waals surface area contributed by atoms with Gasteiger partial charge >= 0.3 is 0 Å². The second kappa shape index (κ2) is 2.28. The summed E-state index contributed by atoms with van der Waals surface area (Å²) in [5.74, 6) is 0. The number of hydrogen-bond donors (Lipinski definition) is 0. The number of thiophene rings is 1. The maximum absolute atomic E-state index is 2.20. The molecule has 1 aromatic rings. The highest BCUT2D eigenvalue weighted by Gasteiger charge is 1.84. The lowest BCUT2D eigenvalue weighted by Crippen LogP contribution is -2.01. The van der Waals surface area contributed by atoms with E-state index in [9.17, 15) is 0 Å². The van der Waals surface area contributed by atoms with Crippen LogP contribution < -0.4 is 4.50 Å². The highest BCUT2D eigenvalue weighted by Crippen LogP contribution is 1.89. The zero-order valence-corrected chi connectivity index (χ0v) is 5.96. The van der Waals surface area contributed by atoms with Crippen LogP contribution in [-0.2, 0) is 0 Å². The van der Waals surface area contributed by atoms with E-state index in [0.717, 1.165) is 9.52 Å². The topological polar surface area (TPSA) is 0 Å². The molecule has 0 saturated heterocycles. The van der Waals surface area contributed by atoms with Crippen molar-refractivity contribution in [3.63, 3.8) is 0 Å². The monoisotopic (exact) mass is 126 g/mol. The Morgan fingerprint density at radius 3 is 2.86 bits per heavy atom.